The molecule has 0 bridgehead atoms. The molecule has 0 aliphatic heterocycles. The zero-order valence-corrected chi connectivity index (χ0v) is 12.4. The summed E-state index contributed by atoms with van der Waals surface area (Å²) in [6, 6.07) is 3.83. The number of rotatable bonds is 6. The zero-order chi connectivity index (χ0) is 15.3. The molecule has 1 aromatic carbocycles. The highest BCUT2D eigenvalue weighted by Gasteiger charge is 2.23. The predicted molar refractivity (Wildman–Crippen MR) is 74.9 cm³/mol. The number of carbonyl (C=O) groups is 1. The van der Waals surface area contributed by atoms with Gasteiger partial charge in [0, 0.05) is 11.1 Å². The van der Waals surface area contributed by atoms with Gasteiger partial charge in [0.2, 0.25) is 0 Å². The molecule has 112 valence electrons. The number of carbonyl (C=O) groups excluding carboxylic acids is 1. The Labute approximate surface area is 119 Å². The van der Waals surface area contributed by atoms with Gasteiger partial charge < -0.3 is 15.2 Å². The largest absolute Gasteiger partial charge is 0.481 e. The molecule has 1 atom stereocenters. The molecule has 0 saturated carbocycles. The van der Waals surface area contributed by atoms with Crippen LogP contribution < -0.4 is 10.1 Å². The molecule has 2 N–H and O–H groups in total. The van der Waals surface area contributed by atoms with Crippen molar-refractivity contribution in [1.29, 1.82) is 0 Å². The lowest BCUT2D eigenvalue weighted by atomic mass is 10.0. The van der Waals surface area contributed by atoms with Gasteiger partial charge in [0.15, 0.2) is 6.10 Å². The van der Waals surface area contributed by atoms with Crippen LogP contribution in [-0.4, -0.2) is 22.7 Å². The predicted octanol–water partition coefficient (Wildman–Crippen LogP) is 2.39. The summed E-state index contributed by atoms with van der Waals surface area (Å²) in [6.07, 6.45) is 0.0702. The Morgan fingerprint density at radius 1 is 1.50 bits per heavy atom. The van der Waals surface area contributed by atoms with E-state index < -0.39 is 11.9 Å². The number of halogens is 1. The van der Waals surface area contributed by atoms with Crippen molar-refractivity contribution in [2.45, 2.75) is 52.4 Å². The number of hydrogen-bond donors (Lipinski definition) is 2. The van der Waals surface area contributed by atoms with Crippen molar-refractivity contribution in [3.05, 3.63) is 29.6 Å². The Morgan fingerprint density at radius 2 is 2.15 bits per heavy atom. The van der Waals surface area contributed by atoms with Crippen molar-refractivity contribution in [2.24, 2.45) is 0 Å². The van der Waals surface area contributed by atoms with Gasteiger partial charge in [-0.05, 0) is 45.4 Å². The van der Waals surface area contributed by atoms with Crippen LogP contribution in [0, 0.1) is 5.82 Å². The first-order chi connectivity index (χ1) is 9.29. The quantitative estimate of drug-likeness (QED) is 0.842. The van der Waals surface area contributed by atoms with E-state index in [1.807, 2.05) is 20.8 Å². The van der Waals surface area contributed by atoms with Crippen LogP contribution in [0.4, 0.5) is 4.39 Å². The van der Waals surface area contributed by atoms with Crippen LogP contribution in [0.2, 0.25) is 0 Å². The van der Waals surface area contributed by atoms with E-state index in [0.29, 0.717) is 11.3 Å². The third-order valence-electron chi connectivity index (χ3n) is 3.21. The standard InChI is InChI=1S/C15H22FNO3/c1-5-15(3,4)17-14(19)10(2)20-13-7-6-12(16)8-11(13)9-18/h6-8,10,18H,5,9H2,1-4H3,(H,17,19). The monoisotopic (exact) mass is 283 g/mol. The summed E-state index contributed by atoms with van der Waals surface area (Å²) in [5.74, 6) is -0.387. The van der Waals surface area contributed by atoms with Crippen LogP contribution >= 0.6 is 0 Å². The summed E-state index contributed by atoms with van der Waals surface area (Å²) in [6.45, 7) is 7.10. The maximum absolute atomic E-state index is 13.1. The number of amides is 1. The molecule has 20 heavy (non-hydrogen) atoms. The van der Waals surface area contributed by atoms with E-state index in [2.05, 4.69) is 5.32 Å². The first-order valence-electron chi connectivity index (χ1n) is 6.67. The summed E-state index contributed by atoms with van der Waals surface area (Å²) < 4.78 is 18.6. The molecule has 1 aromatic rings. The van der Waals surface area contributed by atoms with Gasteiger partial charge in [0.1, 0.15) is 11.6 Å². The summed E-state index contributed by atoms with van der Waals surface area (Å²) in [7, 11) is 0. The molecule has 0 heterocycles. The van der Waals surface area contributed by atoms with Gasteiger partial charge in [-0.2, -0.15) is 0 Å². The topological polar surface area (TPSA) is 58.6 Å². The third kappa shape index (κ3) is 4.49. The highest BCUT2D eigenvalue weighted by molar-refractivity contribution is 5.81. The van der Waals surface area contributed by atoms with Crippen LogP contribution in [0.1, 0.15) is 39.7 Å². The fourth-order valence-electron chi connectivity index (χ4n) is 1.55. The first kappa shape index (κ1) is 16.4. The van der Waals surface area contributed by atoms with Gasteiger partial charge in [0.05, 0.1) is 6.61 Å². The number of aliphatic hydroxyl groups excluding tert-OH is 1. The van der Waals surface area contributed by atoms with E-state index in [0.717, 1.165) is 6.42 Å². The second-order valence-corrected chi connectivity index (χ2v) is 5.40. The van der Waals surface area contributed by atoms with E-state index in [1.54, 1.807) is 6.92 Å². The number of nitrogens with one attached hydrogen (secondary N) is 1. The molecule has 0 fully saturated rings. The number of ether oxygens (including phenoxy) is 1. The summed E-state index contributed by atoms with van der Waals surface area (Å²) in [5.41, 5.74) is 0.0107. The third-order valence-corrected chi connectivity index (χ3v) is 3.21. The molecule has 0 aliphatic carbocycles. The Hall–Kier alpha value is -1.62. The number of benzene rings is 1. The molecule has 0 saturated heterocycles. The minimum absolute atomic E-state index is 0.245. The average molecular weight is 283 g/mol. The van der Waals surface area contributed by atoms with E-state index in [4.69, 9.17) is 4.74 Å². The lowest BCUT2D eigenvalue weighted by Gasteiger charge is -2.27. The van der Waals surface area contributed by atoms with E-state index in [9.17, 15) is 14.3 Å². The van der Waals surface area contributed by atoms with Gasteiger partial charge in [-0.1, -0.05) is 6.92 Å². The molecule has 0 aliphatic rings. The normalized spacial score (nSPS) is 12.9. The van der Waals surface area contributed by atoms with Crippen molar-refractivity contribution in [2.75, 3.05) is 0 Å². The Balaban J connectivity index is 2.75. The van der Waals surface area contributed by atoms with Gasteiger partial charge in [-0.3, -0.25) is 4.79 Å². The van der Waals surface area contributed by atoms with Crippen molar-refractivity contribution < 1.29 is 19.0 Å². The highest BCUT2D eigenvalue weighted by Crippen LogP contribution is 2.21. The van der Waals surface area contributed by atoms with Crippen molar-refractivity contribution in [3.8, 4) is 5.75 Å². The molecule has 4 nitrogen and oxygen atoms in total. The van der Waals surface area contributed by atoms with Crippen molar-refractivity contribution in [1.82, 2.24) is 5.32 Å². The molecule has 1 rings (SSSR count). The first-order valence-corrected chi connectivity index (χ1v) is 6.67. The molecule has 5 heteroatoms. The van der Waals surface area contributed by atoms with Crippen LogP contribution in [0.15, 0.2) is 18.2 Å². The average Bonchev–Trinajstić information content (AvgIpc) is 2.40. The summed E-state index contributed by atoms with van der Waals surface area (Å²) >= 11 is 0. The second-order valence-electron chi connectivity index (χ2n) is 5.40. The van der Waals surface area contributed by atoms with Gasteiger partial charge >= 0.3 is 0 Å². The van der Waals surface area contributed by atoms with Gasteiger partial charge in [-0.25, -0.2) is 4.39 Å². The summed E-state index contributed by atoms with van der Waals surface area (Å²) in [4.78, 5) is 12.0. The molecule has 0 spiro atoms. The SMILES string of the molecule is CCC(C)(C)NC(=O)C(C)Oc1ccc(F)cc1CO. The van der Waals surface area contributed by atoms with Crippen LogP contribution in [0.3, 0.4) is 0 Å². The minimum Gasteiger partial charge on any atom is -0.481 e. The Bertz CT molecular complexity index is 474. The van der Waals surface area contributed by atoms with Crippen molar-refractivity contribution in [3.63, 3.8) is 0 Å². The Kier molecular flexibility index (Phi) is 5.51. The molecular weight excluding hydrogens is 261 g/mol. The van der Waals surface area contributed by atoms with E-state index in [-0.39, 0.29) is 18.1 Å². The number of hydrogen-bond acceptors (Lipinski definition) is 3. The molecule has 1 unspecified atom stereocenters. The molecular formula is C15H22FNO3. The molecule has 0 radical (unpaired) electrons. The molecule has 0 aromatic heterocycles. The fourth-order valence-corrected chi connectivity index (χ4v) is 1.55. The van der Waals surface area contributed by atoms with Gasteiger partial charge in [-0.15, -0.1) is 0 Å². The minimum atomic E-state index is -0.725. The smallest absolute Gasteiger partial charge is 0.261 e. The van der Waals surface area contributed by atoms with Crippen LogP contribution in [0.5, 0.6) is 5.75 Å². The maximum Gasteiger partial charge on any atom is 0.261 e. The number of aliphatic hydroxyl groups is 1. The fraction of sp³-hybridized carbons (Fsp3) is 0.533. The Morgan fingerprint density at radius 3 is 2.70 bits per heavy atom. The maximum atomic E-state index is 13.1. The second kappa shape index (κ2) is 6.70. The summed E-state index contributed by atoms with van der Waals surface area (Å²) in [5, 5.41) is 12.0. The lowest BCUT2D eigenvalue weighted by molar-refractivity contribution is -0.129. The van der Waals surface area contributed by atoms with Crippen LogP contribution in [-0.2, 0) is 11.4 Å². The highest BCUT2D eigenvalue weighted by atomic mass is 19.1. The van der Waals surface area contributed by atoms with E-state index >= 15 is 0 Å². The molecule has 1 amide bonds. The van der Waals surface area contributed by atoms with Gasteiger partial charge in [0.25, 0.3) is 5.91 Å². The van der Waals surface area contributed by atoms with Crippen LogP contribution in [0.25, 0.3) is 0 Å². The lowest BCUT2D eigenvalue weighted by Crippen LogP contribution is -2.48. The zero-order valence-electron chi connectivity index (χ0n) is 12.4. The van der Waals surface area contributed by atoms with Crippen molar-refractivity contribution >= 4 is 5.91 Å². The van der Waals surface area contributed by atoms with E-state index in [1.165, 1.54) is 18.2 Å².